The molecule has 0 spiro atoms. The van der Waals surface area contributed by atoms with E-state index in [2.05, 4.69) is 24.5 Å². The third kappa shape index (κ3) is 18.4. The van der Waals surface area contributed by atoms with E-state index in [1.54, 1.807) is 0 Å². The van der Waals surface area contributed by atoms with Crippen molar-refractivity contribution in [2.24, 2.45) is 0 Å². The molecule has 0 aliphatic heterocycles. The summed E-state index contributed by atoms with van der Waals surface area (Å²) in [5, 5.41) is 7.85. The Bertz CT molecular complexity index is 323. The Morgan fingerprint density at radius 1 is 0.406 bits per heavy atom. The molecule has 1 saturated carbocycles. The lowest BCUT2D eigenvalue weighted by Crippen LogP contribution is -2.50. The van der Waals surface area contributed by atoms with Crippen molar-refractivity contribution in [3.8, 4) is 0 Å². The molecule has 1 fully saturated rings. The third-order valence-electron chi connectivity index (χ3n) is 7.64. The van der Waals surface area contributed by atoms with E-state index in [4.69, 9.17) is 0 Å². The van der Waals surface area contributed by atoms with Gasteiger partial charge in [-0.05, 0) is 38.8 Å². The normalized spacial score (nSPS) is 18.9. The lowest BCUT2D eigenvalue weighted by molar-refractivity contribution is 0.281. The fourth-order valence-electron chi connectivity index (χ4n) is 5.42. The van der Waals surface area contributed by atoms with Crippen LogP contribution in [-0.2, 0) is 0 Å². The summed E-state index contributed by atoms with van der Waals surface area (Å²) in [5.41, 5.74) is 0. The Balaban J connectivity index is 1.92. The van der Waals surface area contributed by atoms with Crippen molar-refractivity contribution in [1.29, 1.82) is 0 Å². The molecule has 0 saturated heterocycles. The number of rotatable bonds is 24. The summed E-state index contributed by atoms with van der Waals surface area (Å²) in [6.07, 6.45) is 34.3. The minimum Gasteiger partial charge on any atom is -0.312 e. The number of nitrogens with one attached hydrogen (secondary N) is 2. The van der Waals surface area contributed by atoms with Crippen LogP contribution in [0, 0.1) is 0 Å². The van der Waals surface area contributed by atoms with Gasteiger partial charge in [-0.2, -0.15) is 0 Å². The lowest BCUT2D eigenvalue weighted by atomic mass is 9.90. The van der Waals surface area contributed by atoms with E-state index in [1.807, 2.05) is 0 Å². The van der Waals surface area contributed by atoms with Crippen LogP contribution in [0.2, 0.25) is 0 Å². The Kier molecular flexibility index (Phi) is 22.5. The highest BCUT2D eigenvalue weighted by molar-refractivity contribution is 4.86. The Hall–Kier alpha value is -0.0800. The molecule has 0 aromatic carbocycles. The van der Waals surface area contributed by atoms with Gasteiger partial charge in [0.15, 0.2) is 0 Å². The van der Waals surface area contributed by atoms with Gasteiger partial charge in [-0.15, -0.1) is 0 Å². The molecule has 0 unspecified atom stereocenters. The number of unbranched alkanes of at least 4 members (excludes halogenated alkanes) is 18. The Morgan fingerprint density at radius 3 is 1.00 bits per heavy atom. The highest BCUT2D eigenvalue weighted by atomic mass is 15.0. The summed E-state index contributed by atoms with van der Waals surface area (Å²) in [7, 11) is 0. The number of hydrogen-bond donors (Lipinski definition) is 2. The summed E-state index contributed by atoms with van der Waals surface area (Å²) in [6.45, 7) is 7.08. The van der Waals surface area contributed by atoms with Gasteiger partial charge in [0, 0.05) is 12.1 Å². The van der Waals surface area contributed by atoms with Gasteiger partial charge in [0.05, 0.1) is 0 Å². The molecule has 2 nitrogen and oxygen atoms in total. The third-order valence-corrected chi connectivity index (χ3v) is 7.64. The van der Waals surface area contributed by atoms with Crippen LogP contribution in [0.1, 0.15) is 168 Å². The zero-order chi connectivity index (χ0) is 23.0. The fraction of sp³-hybridized carbons (Fsp3) is 1.00. The monoisotopic (exact) mass is 450 g/mol. The fourth-order valence-corrected chi connectivity index (χ4v) is 5.42. The Morgan fingerprint density at radius 2 is 0.688 bits per heavy atom. The van der Waals surface area contributed by atoms with E-state index >= 15 is 0 Å². The van der Waals surface area contributed by atoms with Gasteiger partial charge in [-0.3, -0.25) is 0 Å². The molecule has 2 atom stereocenters. The summed E-state index contributed by atoms with van der Waals surface area (Å²) in [5.74, 6) is 0. The zero-order valence-corrected chi connectivity index (χ0v) is 22.5. The van der Waals surface area contributed by atoms with E-state index in [9.17, 15) is 0 Å². The SMILES string of the molecule is CCCCCCCCCCCCN[C@@H]1CCCC[C@H]1NCCCCCCCCCCCC. The van der Waals surface area contributed by atoms with Crippen molar-refractivity contribution in [1.82, 2.24) is 10.6 Å². The Labute approximate surface area is 203 Å². The zero-order valence-electron chi connectivity index (χ0n) is 22.5. The van der Waals surface area contributed by atoms with E-state index < -0.39 is 0 Å². The molecule has 1 rings (SSSR count). The number of hydrogen-bond acceptors (Lipinski definition) is 2. The van der Waals surface area contributed by atoms with Gasteiger partial charge in [-0.25, -0.2) is 0 Å². The smallest absolute Gasteiger partial charge is 0.0221 e. The average Bonchev–Trinajstić information content (AvgIpc) is 2.81. The van der Waals surface area contributed by atoms with E-state index in [-0.39, 0.29) is 0 Å². The van der Waals surface area contributed by atoms with Crippen LogP contribution < -0.4 is 10.6 Å². The van der Waals surface area contributed by atoms with Gasteiger partial charge >= 0.3 is 0 Å². The maximum atomic E-state index is 3.92. The molecular weight excluding hydrogens is 388 g/mol. The average molecular weight is 451 g/mol. The lowest BCUT2D eigenvalue weighted by Gasteiger charge is -2.33. The first-order valence-electron chi connectivity index (χ1n) is 15.3. The van der Waals surface area contributed by atoms with E-state index in [0.29, 0.717) is 0 Å². The molecule has 0 radical (unpaired) electrons. The van der Waals surface area contributed by atoms with Crippen LogP contribution in [0.5, 0.6) is 0 Å². The summed E-state index contributed by atoms with van der Waals surface area (Å²) in [4.78, 5) is 0. The topological polar surface area (TPSA) is 24.1 Å². The molecule has 1 aliphatic carbocycles. The van der Waals surface area contributed by atoms with Crippen molar-refractivity contribution in [3.63, 3.8) is 0 Å². The first-order valence-corrected chi connectivity index (χ1v) is 15.3. The molecule has 0 heterocycles. The quantitative estimate of drug-likeness (QED) is 0.143. The van der Waals surface area contributed by atoms with Crippen LogP contribution in [0.4, 0.5) is 0 Å². The molecular formula is C30H62N2. The highest BCUT2D eigenvalue weighted by Crippen LogP contribution is 2.19. The maximum Gasteiger partial charge on any atom is 0.0221 e. The second-order valence-corrected chi connectivity index (χ2v) is 10.8. The van der Waals surface area contributed by atoms with Crippen molar-refractivity contribution in [3.05, 3.63) is 0 Å². The van der Waals surface area contributed by atoms with Gasteiger partial charge in [0.25, 0.3) is 0 Å². The molecule has 0 amide bonds. The standard InChI is InChI=1S/C30H62N2/c1-3-5-7-9-11-13-15-17-19-23-27-31-29-25-21-22-26-30(29)32-28-24-20-18-16-14-12-10-8-6-4-2/h29-32H,3-28H2,1-2H3/t29-,30-/m1/s1. The summed E-state index contributed by atoms with van der Waals surface area (Å²) in [6, 6.07) is 1.45. The second kappa shape index (κ2) is 24.1. The first-order chi connectivity index (χ1) is 15.9. The molecule has 0 bridgehead atoms. The summed E-state index contributed by atoms with van der Waals surface area (Å²) < 4.78 is 0. The molecule has 2 N–H and O–H groups in total. The predicted molar refractivity (Wildman–Crippen MR) is 146 cm³/mol. The largest absolute Gasteiger partial charge is 0.312 e. The van der Waals surface area contributed by atoms with Gasteiger partial charge in [0.2, 0.25) is 0 Å². The first kappa shape index (κ1) is 30.0. The molecule has 0 aromatic heterocycles. The van der Waals surface area contributed by atoms with Crippen LogP contribution in [0.3, 0.4) is 0 Å². The molecule has 0 aromatic rings. The van der Waals surface area contributed by atoms with Crippen molar-refractivity contribution >= 4 is 0 Å². The van der Waals surface area contributed by atoms with Crippen molar-refractivity contribution in [2.75, 3.05) is 13.1 Å². The molecule has 2 heteroatoms. The highest BCUT2D eigenvalue weighted by Gasteiger charge is 2.23. The minimum absolute atomic E-state index is 0.727. The van der Waals surface area contributed by atoms with Gasteiger partial charge in [0.1, 0.15) is 0 Å². The van der Waals surface area contributed by atoms with Crippen molar-refractivity contribution < 1.29 is 0 Å². The maximum absolute atomic E-state index is 3.92. The van der Waals surface area contributed by atoms with Crippen LogP contribution in [-0.4, -0.2) is 25.2 Å². The predicted octanol–water partition coefficient (Wildman–Crippen LogP) is 9.32. The second-order valence-electron chi connectivity index (χ2n) is 10.8. The van der Waals surface area contributed by atoms with E-state index in [1.165, 1.54) is 167 Å². The summed E-state index contributed by atoms with van der Waals surface area (Å²) >= 11 is 0. The van der Waals surface area contributed by atoms with Crippen molar-refractivity contribution in [2.45, 2.75) is 180 Å². The van der Waals surface area contributed by atoms with Crippen LogP contribution in [0.25, 0.3) is 0 Å². The molecule has 192 valence electrons. The van der Waals surface area contributed by atoms with Gasteiger partial charge in [-0.1, -0.05) is 142 Å². The minimum atomic E-state index is 0.727. The van der Waals surface area contributed by atoms with Crippen LogP contribution >= 0.6 is 0 Å². The van der Waals surface area contributed by atoms with Gasteiger partial charge < -0.3 is 10.6 Å². The molecule has 1 aliphatic rings. The van der Waals surface area contributed by atoms with E-state index in [0.717, 1.165) is 12.1 Å². The molecule has 32 heavy (non-hydrogen) atoms. The van der Waals surface area contributed by atoms with Crippen LogP contribution in [0.15, 0.2) is 0 Å².